The van der Waals surface area contributed by atoms with Crippen LogP contribution in [0, 0.1) is 5.92 Å². The molecule has 0 heterocycles. The molecular weight excluding hydrogens is 210 g/mol. The number of carbonyl (C=O) groups excluding carboxylic acids is 1. The highest BCUT2D eigenvalue weighted by molar-refractivity contribution is 5.93. The zero-order chi connectivity index (χ0) is 12.6. The van der Waals surface area contributed by atoms with Crippen LogP contribution in [0.25, 0.3) is 0 Å². The van der Waals surface area contributed by atoms with Crippen molar-refractivity contribution < 1.29 is 19.8 Å². The molecule has 3 N–H and O–H groups in total. The Morgan fingerprint density at radius 3 is 2.25 bits per heavy atom. The summed E-state index contributed by atoms with van der Waals surface area (Å²) in [4.78, 5) is 21.2. The Morgan fingerprint density at radius 1 is 1.25 bits per heavy atom. The lowest BCUT2D eigenvalue weighted by atomic mass is 9.96. The minimum atomic E-state index is -1.17. The first-order chi connectivity index (χ1) is 7.51. The zero-order valence-corrected chi connectivity index (χ0v) is 9.64. The lowest BCUT2D eigenvalue weighted by molar-refractivity contribution is -0.131. The number of amides is 1. The predicted octanol–water partition coefficient (Wildman–Crippen LogP) is 0.540. The number of aliphatic hydroxyl groups excluding tert-OH is 1. The van der Waals surface area contributed by atoms with Gasteiger partial charge in [-0.1, -0.05) is 26.7 Å². The van der Waals surface area contributed by atoms with Crippen LogP contribution in [0.1, 0.15) is 26.7 Å². The van der Waals surface area contributed by atoms with Crippen molar-refractivity contribution in [3.05, 3.63) is 12.2 Å². The van der Waals surface area contributed by atoms with Crippen molar-refractivity contribution in [2.75, 3.05) is 6.54 Å². The van der Waals surface area contributed by atoms with E-state index in [-0.39, 0.29) is 12.5 Å². The van der Waals surface area contributed by atoms with E-state index in [0.29, 0.717) is 0 Å². The molecule has 1 atom stereocenters. The average molecular weight is 229 g/mol. The van der Waals surface area contributed by atoms with E-state index in [1.54, 1.807) is 0 Å². The molecule has 0 radical (unpaired) electrons. The third-order valence-corrected chi connectivity index (χ3v) is 2.46. The lowest BCUT2D eigenvalue weighted by Crippen LogP contribution is -2.35. The van der Waals surface area contributed by atoms with Gasteiger partial charge in [0.25, 0.3) is 0 Å². The molecule has 92 valence electrons. The van der Waals surface area contributed by atoms with Gasteiger partial charge in [0.15, 0.2) is 0 Å². The summed E-state index contributed by atoms with van der Waals surface area (Å²) in [5.41, 5.74) is 0. The van der Waals surface area contributed by atoms with Gasteiger partial charge in [-0.15, -0.1) is 0 Å². The molecule has 1 amide bonds. The topological polar surface area (TPSA) is 86.6 Å². The fraction of sp³-hybridized carbons (Fsp3) is 0.636. The Labute approximate surface area is 95.2 Å². The number of aliphatic hydroxyl groups is 1. The second-order valence-electron chi connectivity index (χ2n) is 3.56. The number of nitrogens with one attached hydrogen (secondary N) is 1. The van der Waals surface area contributed by atoms with Crippen molar-refractivity contribution in [1.29, 1.82) is 0 Å². The Morgan fingerprint density at radius 2 is 1.81 bits per heavy atom. The number of rotatable bonds is 7. The summed E-state index contributed by atoms with van der Waals surface area (Å²) < 4.78 is 0. The molecular formula is C11H19NO4. The molecule has 0 aliphatic carbocycles. The maximum absolute atomic E-state index is 11.1. The van der Waals surface area contributed by atoms with Crippen molar-refractivity contribution in [3.8, 4) is 0 Å². The largest absolute Gasteiger partial charge is 0.478 e. The van der Waals surface area contributed by atoms with Gasteiger partial charge in [0.2, 0.25) is 5.91 Å². The van der Waals surface area contributed by atoms with Crippen LogP contribution in [-0.4, -0.2) is 34.7 Å². The van der Waals surface area contributed by atoms with Gasteiger partial charge >= 0.3 is 5.97 Å². The number of hydrogen-bond donors (Lipinski definition) is 3. The van der Waals surface area contributed by atoms with E-state index >= 15 is 0 Å². The van der Waals surface area contributed by atoms with Crippen molar-refractivity contribution in [2.24, 2.45) is 5.92 Å². The second-order valence-corrected chi connectivity index (χ2v) is 3.56. The standard InChI is InChI=1S/C11H19NO4/c1-3-8(4-2)9(13)7-12-10(14)5-6-11(15)16/h5-6,8-9,13H,3-4,7H2,1-2H3,(H,12,14)(H,15,16)/b6-5+. The van der Waals surface area contributed by atoms with Gasteiger partial charge in [0.05, 0.1) is 6.10 Å². The molecule has 0 fully saturated rings. The maximum atomic E-state index is 11.1. The van der Waals surface area contributed by atoms with Crippen molar-refractivity contribution in [2.45, 2.75) is 32.8 Å². The van der Waals surface area contributed by atoms with Crippen LogP contribution < -0.4 is 5.32 Å². The van der Waals surface area contributed by atoms with Gasteiger partial charge in [0.1, 0.15) is 0 Å². The minimum Gasteiger partial charge on any atom is -0.478 e. The average Bonchev–Trinajstić information content (AvgIpc) is 2.25. The summed E-state index contributed by atoms with van der Waals surface area (Å²) in [6.45, 7) is 4.10. The third kappa shape index (κ3) is 6.19. The molecule has 0 saturated heterocycles. The Kier molecular flexibility index (Phi) is 7.20. The molecule has 0 rings (SSSR count). The highest BCUT2D eigenvalue weighted by Gasteiger charge is 2.15. The molecule has 5 nitrogen and oxygen atoms in total. The fourth-order valence-corrected chi connectivity index (χ4v) is 1.41. The van der Waals surface area contributed by atoms with E-state index in [2.05, 4.69) is 5.32 Å². The van der Waals surface area contributed by atoms with Gasteiger partial charge < -0.3 is 15.5 Å². The lowest BCUT2D eigenvalue weighted by Gasteiger charge is -2.19. The molecule has 0 aliphatic heterocycles. The van der Waals surface area contributed by atoms with E-state index in [4.69, 9.17) is 5.11 Å². The Balaban J connectivity index is 3.95. The SMILES string of the molecule is CCC(CC)C(O)CNC(=O)/C=C/C(=O)O. The van der Waals surface area contributed by atoms with Crippen molar-refractivity contribution >= 4 is 11.9 Å². The summed E-state index contributed by atoms with van der Waals surface area (Å²) in [6, 6.07) is 0. The van der Waals surface area contributed by atoms with Crippen molar-refractivity contribution in [3.63, 3.8) is 0 Å². The number of aliphatic carboxylic acids is 1. The molecule has 0 saturated carbocycles. The first-order valence-electron chi connectivity index (χ1n) is 5.38. The molecule has 0 aliphatic rings. The van der Waals surface area contributed by atoms with E-state index in [1.165, 1.54) is 0 Å². The predicted molar refractivity (Wildman–Crippen MR) is 59.9 cm³/mol. The van der Waals surface area contributed by atoms with Crippen molar-refractivity contribution in [1.82, 2.24) is 5.32 Å². The summed E-state index contributed by atoms with van der Waals surface area (Å²) in [6.07, 6.45) is 2.80. The van der Waals surface area contributed by atoms with E-state index < -0.39 is 18.0 Å². The highest BCUT2D eigenvalue weighted by Crippen LogP contribution is 2.11. The second kappa shape index (κ2) is 7.87. The van der Waals surface area contributed by atoms with E-state index in [9.17, 15) is 14.7 Å². The van der Waals surface area contributed by atoms with Crippen LogP contribution >= 0.6 is 0 Å². The number of carboxylic acids is 1. The molecule has 0 aromatic carbocycles. The Bertz CT molecular complexity index is 259. The van der Waals surface area contributed by atoms with Crippen LogP contribution in [0.5, 0.6) is 0 Å². The minimum absolute atomic E-state index is 0.148. The fourth-order valence-electron chi connectivity index (χ4n) is 1.41. The Hall–Kier alpha value is -1.36. The van der Waals surface area contributed by atoms with Crippen LogP contribution in [0.2, 0.25) is 0 Å². The van der Waals surface area contributed by atoms with Gasteiger partial charge in [-0.2, -0.15) is 0 Å². The summed E-state index contributed by atoms with van der Waals surface area (Å²) in [7, 11) is 0. The number of carboxylic acid groups (broad SMARTS) is 1. The molecule has 0 spiro atoms. The van der Waals surface area contributed by atoms with Gasteiger partial charge in [-0.3, -0.25) is 4.79 Å². The van der Waals surface area contributed by atoms with Gasteiger partial charge in [-0.05, 0) is 5.92 Å². The van der Waals surface area contributed by atoms with Crippen LogP contribution in [0.4, 0.5) is 0 Å². The van der Waals surface area contributed by atoms with E-state index in [1.807, 2.05) is 13.8 Å². The summed E-state index contributed by atoms with van der Waals surface area (Å²) >= 11 is 0. The normalized spacial score (nSPS) is 13.0. The smallest absolute Gasteiger partial charge is 0.328 e. The first-order valence-corrected chi connectivity index (χ1v) is 5.38. The molecule has 1 unspecified atom stereocenters. The third-order valence-electron chi connectivity index (χ3n) is 2.46. The van der Waals surface area contributed by atoms with Gasteiger partial charge in [0, 0.05) is 18.7 Å². The maximum Gasteiger partial charge on any atom is 0.328 e. The highest BCUT2D eigenvalue weighted by atomic mass is 16.4. The molecule has 0 aromatic heterocycles. The number of carbonyl (C=O) groups is 2. The molecule has 16 heavy (non-hydrogen) atoms. The number of hydrogen-bond acceptors (Lipinski definition) is 3. The zero-order valence-electron chi connectivity index (χ0n) is 9.64. The first kappa shape index (κ1) is 14.6. The molecule has 0 bridgehead atoms. The molecule has 0 aromatic rings. The summed E-state index contributed by atoms with van der Waals surface area (Å²) in [5.74, 6) is -1.52. The van der Waals surface area contributed by atoms with Crippen LogP contribution in [0.3, 0.4) is 0 Å². The monoisotopic (exact) mass is 229 g/mol. The molecule has 5 heteroatoms. The van der Waals surface area contributed by atoms with Crippen LogP contribution in [0.15, 0.2) is 12.2 Å². The van der Waals surface area contributed by atoms with E-state index in [0.717, 1.165) is 25.0 Å². The van der Waals surface area contributed by atoms with Gasteiger partial charge in [-0.25, -0.2) is 4.79 Å². The summed E-state index contributed by atoms with van der Waals surface area (Å²) in [5, 5.41) is 20.4. The van der Waals surface area contributed by atoms with Crippen LogP contribution in [-0.2, 0) is 9.59 Å². The quantitative estimate of drug-likeness (QED) is 0.556.